The van der Waals surface area contributed by atoms with Gasteiger partial charge in [0.2, 0.25) is 0 Å². The minimum atomic E-state index is -0.278. The predicted molar refractivity (Wildman–Crippen MR) is 68.9 cm³/mol. The fraction of sp³-hybridized carbons (Fsp3) is 0.600. The van der Waals surface area contributed by atoms with Crippen molar-refractivity contribution in [3.63, 3.8) is 0 Å². The first-order valence-electron chi connectivity index (χ1n) is 6.75. The third kappa shape index (κ3) is 2.00. The van der Waals surface area contributed by atoms with Gasteiger partial charge in [-0.15, -0.1) is 0 Å². The number of aliphatic hydroxyl groups excluding tert-OH is 1. The van der Waals surface area contributed by atoms with E-state index in [9.17, 15) is 5.11 Å². The van der Waals surface area contributed by atoms with E-state index in [0.29, 0.717) is 6.04 Å². The molecule has 2 nitrogen and oxygen atoms in total. The molecule has 1 aliphatic heterocycles. The molecule has 2 atom stereocenters. The Labute approximate surface area is 103 Å². The SMILES string of the molecule is CC1CCN(C2Cc3ccccc3C2O)CC1. The molecular weight excluding hydrogens is 210 g/mol. The van der Waals surface area contributed by atoms with Crippen molar-refractivity contribution in [2.24, 2.45) is 5.92 Å². The molecule has 2 heteroatoms. The fourth-order valence-corrected chi connectivity index (χ4v) is 3.24. The first kappa shape index (κ1) is 11.2. The number of aliphatic hydroxyl groups is 1. The zero-order chi connectivity index (χ0) is 11.8. The van der Waals surface area contributed by atoms with E-state index in [1.54, 1.807) is 0 Å². The largest absolute Gasteiger partial charge is 0.387 e. The summed E-state index contributed by atoms with van der Waals surface area (Å²) in [4.78, 5) is 2.49. The molecule has 2 aliphatic rings. The molecule has 1 saturated heterocycles. The van der Waals surface area contributed by atoms with E-state index < -0.39 is 0 Å². The number of benzene rings is 1. The minimum absolute atomic E-state index is 0.278. The molecule has 2 unspecified atom stereocenters. The molecule has 0 saturated carbocycles. The highest BCUT2D eigenvalue weighted by molar-refractivity contribution is 5.35. The van der Waals surface area contributed by atoms with Crippen LogP contribution in [0.5, 0.6) is 0 Å². The van der Waals surface area contributed by atoms with Crippen LogP contribution in [0.3, 0.4) is 0 Å². The van der Waals surface area contributed by atoms with Crippen LogP contribution in [-0.2, 0) is 6.42 Å². The molecule has 1 fully saturated rings. The molecule has 3 rings (SSSR count). The molecule has 0 amide bonds. The number of nitrogens with zero attached hydrogens (tertiary/aromatic N) is 1. The highest BCUT2D eigenvalue weighted by atomic mass is 16.3. The van der Waals surface area contributed by atoms with Crippen LogP contribution in [-0.4, -0.2) is 29.1 Å². The average Bonchev–Trinajstić information content (AvgIpc) is 2.69. The molecule has 0 aromatic heterocycles. The van der Waals surface area contributed by atoms with Crippen LogP contribution >= 0.6 is 0 Å². The van der Waals surface area contributed by atoms with E-state index in [1.165, 1.54) is 18.4 Å². The Hall–Kier alpha value is -0.860. The van der Waals surface area contributed by atoms with Gasteiger partial charge in [-0.1, -0.05) is 31.2 Å². The first-order valence-corrected chi connectivity index (χ1v) is 6.75. The second kappa shape index (κ2) is 4.43. The Morgan fingerprint density at radius 1 is 1.18 bits per heavy atom. The van der Waals surface area contributed by atoms with Crippen molar-refractivity contribution in [1.82, 2.24) is 4.90 Å². The van der Waals surface area contributed by atoms with Gasteiger partial charge in [-0.2, -0.15) is 0 Å². The van der Waals surface area contributed by atoms with Crippen LogP contribution in [0.1, 0.15) is 37.0 Å². The fourth-order valence-electron chi connectivity index (χ4n) is 3.24. The normalized spacial score (nSPS) is 30.5. The molecule has 0 spiro atoms. The maximum absolute atomic E-state index is 10.4. The van der Waals surface area contributed by atoms with Crippen molar-refractivity contribution >= 4 is 0 Å². The monoisotopic (exact) mass is 231 g/mol. The summed E-state index contributed by atoms with van der Waals surface area (Å²) in [6, 6.07) is 8.66. The van der Waals surface area contributed by atoms with E-state index in [2.05, 4.69) is 30.0 Å². The van der Waals surface area contributed by atoms with Gasteiger partial charge in [0.05, 0.1) is 6.10 Å². The maximum Gasteiger partial charge on any atom is 0.0951 e. The van der Waals surface area contributed by atoms with Crippen molar-refractivity contribution in [3.8, 4) is 0 Å². The zero-order valence-corrected chi connectivity index (χ0v) is 10.5. The van der Waals surface area contributed by atoms with Crippen LogP contribution in [0.15, 0.2) is 24.3 Å². The Morgan fingerprint density at radius 3 is 2.59 bits per heavy atom. The summed E-state index contributed by atoms with van der Waals surface area (Å²) in [5, 5.41) is 10.4. The highest BCUT2D eigenvalue weighted by Crippen LogP contribution is 2.35. The van der Waals surface area contributed by atoms with Gasteiger partial charge in [0.15, 0.2) is 0 Å². The number of fused-ring (bicyclic) bond motifs is 1. The summed E-state index contributed by atoms with van der Waals surface area (Å²) in [7, 11) is 0. The topological polar surface area (TPSA) is 23.5 Å². The van der Waals surface area contributed by atoms with E-state index in [4.69, 9.17) is 0 Å². The Balaban J connectivity index is 1.75. The lowest BCUT2D eigenvalue weighted by atomic mass is 9.97. The molecule has 17 heavy (non-hydrogen) atoms. The smallest absolute Gasteiger partial charge is 0.0951 e. The average molecular weight is 231 g/mol. The van der Waals surface area contributed by atoms with Crippen LogP contribution in [0.2, 0.25) is 0 Å². The first-order chi connectivity index (χ1) is 8.25. The van der Waals surface area contributed by atoms with Crippen LogP contribution in [0.25, 0.3) is 0 Å². The van der Waals surface area contributed by atoms with Crippen molar-refractivity contribution in [2.75, 3.05) is 13.1 Å². The van der Waals surface area contributed by atoms with E-state index in [1.807, 2.05) is 6.07 Å². The van der Waals surface area contributed by atoms with E-state index in [0.717, 1.165) is 31.0 Å². The molecular formula is C15H21NO. The second-order valence-corrected chi connectivity index (χ2v) is 5.63. The summed E-state index contributed by atoms with van der Waals surface area (Å²) in [6.45, 7) is 4.63. The summed E-state index contributed by atoms with van der Waals surface area (Å²) in [6.07, 6.45) is 3.30. The molecule has 1 aromatic carbocycles. The van der Waals surface area contributed by atoms with E-state index >= 15 is 0 Å². The molecule has 92 valence electrons. The predicted octanol–water partition coefficient (Wildman–Crippen LogP) is 2.38. The summed E-state index contributed by atoms with van der Waals surface area (Å²) < 4.78 is 0. The second-order valence-electron chi connectivity index (χ2n) is 5.63. The lowest BCUT2D eigenvalue weighted by molar-refractivity contribution is 0.0410. The number of likely N-dealkylation sites (tertiary alicyclic amines) is 1. The summed E-state index contributed by atoms with van der Waals surface area (Å²) in [5.74, 6) is 0.854. The number of hydrogen-bond acceptors (Lipinski definition) is 2. The Morgan fingerprint density at radius 2 is 1.88 bits per heavy atom. The van der Waals surface area contributed by atoms with Crippen molar-refractivity contribution in [3.05, 3.63) is 35.4 Å². The van der Waals surface area contributed by atoms with Gasteiger partial charge in [-0.25, -0.2) is 0 Å². The van der Waals surface area contributed by atoms with E-state index in [-0.39, 0.29) is 6.10 Å². The van der Waals surface area contributed by atoms with Gasteiger partial charge in [0, 0.05) is 6.04 Å². The van der Waals surface area contributed by atoms with Gasteiger partial charge >= 0.3 is 0 Å². The van der Waals surface area contributed by atoms with Gasteiger partial charge < -0.3 is 5.11 Å². The Kier molecular flexibility index (Phi) is 2.93. The van der Waals surface area contributed by atoms with Crippen molar-refractivity contribution < 1.29 is 5.11 Å². The maximum atomic E-state index is 10.4. The number of hydrogen-bond donors (Lipinski definition) is 1. The molecule has 0 radical (unpaired) electrons. The summed E-state index contributed by atoms with van der Waals surface area (Å²) >= 11 is 0. The number of piperidine rings is 1. The molecule has 1 aliphatic carbocycles. The Bertz CT molecular complexity index is 396. The van der Waals surface area contributed by atoms with Gasteiger partial charge in [-0.3, -0.25) is 4.90 Å². The lowest BCUT2D eigenvalue weighted by Gasteiger charge is -2.36. The van der Waals surface area contributed by atoms with Gasteiger partial charge in [0.1, 0.15) is 0 Å². The highest BCUT2D eigenvalue weighted by Gasteiger charge is 2.35. The van der Waals surface area contributed by atoms with Crippen molar-refractivity contribution in [1.29, 1.82) is 0 Å². The quantitative estimate of drug-likeness (QED) is 0.802. The van der Waals surface area contributed by atoms with Crippen LogP contribution in [0, 0.1) is 5.92 Å². The summed E-state index contributed by atoms with van der Waals surface area (Å²) in [5.41, 5.74) is 2.49. The molecule has 1 N–H and O–H groups in total. The van der Waals surface area contributed by atoms with Crippen LogP contribution in [0.4, 0.5) is 0 Å². The minimum Gasteiger partial charge on any atom is -0.387 e. The standard InChI is InChI=1S/C15H21NO/c1-11-6-8-16(9-7-11)14-10-12-4-2-3-5-13(12)15(14)17/h2-5,11,14-15,17H,6-10H2,1H3. The third-order valence-corrected chi connectivity index (χ3v) is 4.45. The van der Waals surface area contributed by atoms with Gasteiger partial charge in [0.25, 0.3) is 0 Å². The molecule has 0 bridgehead atoms. The molecule has 1 heterocycles. The number of rotatable bonds is 1. The molecule has 1 aromatic rings. The lowest BCUT2D eigenvalue weighted by Crippen LogP contribution is -2.43. The van der Waals surface area contributed by atoms with Crippen molar-refractivity contribution in [2.45, 2.75) is 38.3 Å². The van der Waals surface area contributed by atoms with Gasteiger partial charge in [-0.05, 0) is 49.4 Å². The zero-order valence-electron chi connectivity index (χ0n) is 10.5. The van der Waals surface area contributed by atoms with Crippen LogP contribution < -0.4 is 0 Å². The third-order valence-electron chi connectivity index (χ3n) is 4.45.